The number of rotatable bonds is 6. The number of nitrogens with zero attached hydrogens (tertiary/aromatic N) is 1. The summed E-state index contributed by atoms with van der Waals surface area (Å²) in [4.78, 5) is 23.5. The second-order valence-corrected chi connectivity index (χ2v) is 5.41. The third-order valence-electron chi connectivity index (χ3n) is 2.72. The monoisotopic (exact) mass is 353 g/mol. The lowest BCUT2D eigenvalue weighted by molar-refractivity contribution is -0.136. The van der Waals surface area contributed by atoms with Crippen molar-refractivity contribution >= 4 is 39.1 Å². The maximum absolute atomic E-state index is 11.8. The van der Waals surface area contributed by atoms with Gasteiger partial charge in [0.05, 0.1) is 5.69 Å². The average molecular weight is 354 g/mol. The van der Waals surface area contributed by atoms with Gasteiger partial charge >= 0.3 is 11.8 Å². The van der Waals surface area contributed by atoms with E-state index in [1.807, 2.05) is 19.9 Å². The number of carbonyl (C=O) groups excluding carboxylic acids is 2. The highest BCUT2D eigenvalue weighted by Crippen LogP contribution is 2.20. The van der Waals surface area contributed by atoms with E-state index >= 15 is 0 Å². The zero-order valence-electron chi connectivity index (χ0n) is 12.3. The molecule has 1 rings (SSSR count). The Morgan fingerprint density at radius 2 is 1.71 bits per heavy atom. The SMILES string of the molecule is CCCC(CCC)=NNC(=O)C(=O)Nc1ccccc1Br. The summed E-state index contributed by atoms with van der Waals surface area (Å²) in [6.07, 6.45) is 3.55. The molecule has 0 atom stereocenters. The van der Waals surface area contributed by atoms with Gasteiger partial charge in [0, 0.05) is 10.2 Å². The molecule has 114 valence electrons. The molecule has 0 fully saturated rings. The van der Waals surface area contributed by atoms with Crippen LogP contribution in [0.25, 0.3) is 0 Å². The van der Waals surface area contributed by atoms with Gasteiger partial charge in [0.1, 0.15) is 0 Å². The fourth-order valence-electron chi connectivity index (χ4n) is 1.74. The summed E-state index contributed by atoms with van der Waals surface area (Å²) in [5, 5.41) is 6.56. The van der Waals surface area contributed by atoms with Gasteiger partial charge in [-0.1, -0.05) is 38.8 Å². The van der Waals surface area contributed by atoms with Gasteiger partial charge in [-0.05, 0) is 40.9 Å². The van der Waals surface area contributed by atoms with Crippen LogP contribution in [0.3, 0.4) is 0 Å². The van der Waals surface area contributed by atoms with Crippen molar-refractivity contribution in [1.82, 2.24) is 5.43 Å². The molecule has 0 unspecified atom stereocenters. The van der Waals surface area contributed by atoms with Gasteiger partial charge in [-0.15, -0.1) is 0 Å². The van der Waals surface area contributed by atoms with Crippen LogP contribution in [0, 0.1) is 0 Å². The normalized spacial score (nSPS) is 9.86. The Bertz CT molecular complexity index is 521. The number of amides is 2. The molecule has 0 aliphatic rings. The minimum Gasteiger partial charge on any atom is -0.317 e. The van der Waals surface area contributed by atoms with Crippen LogP contribution < -0.4 is 10.7 Å². The summed E-state index contributed by atoms with van der Waals surface area (Å²) < 4.78 is 0.715. The molecule has 0 heterocycles. The number of hydrogen-bond donors (Lipinski definition) is 2. The van der Waals surface area contributed by atoms with Crippen LogP contribution in [0.1, 0.15) is 39.5 Å². The van der Waals surface area contributed by atoms with Crippen molar-refractivity contribution in [2.24, 2.45) is 5.10 Å². The molecule has 2 N–H and O–H groups in total. The van der Waals surface area contributed by atoms with Crippen LogP contribution in [0.2, 0.25) is 0 Å². The van der Waals surface area contributed by atoms with Crippen molar-refractivity contribution in [2.75, 3.05) is 5.32 Å². The van der Waals surface area contributed by atoms with Crippen LogP contribution in [-0.2, 0) is 9.59 Å². The number of anilines is 1. The van der Waals surface area contributed by atoms with Gasteiger partial charge < -0.3 is 5.32 Å². The summed E-state index contributed by atoms with van der Waals surface area (Å²) in [6, 6.07) is 7.09. The van der Waals surface area contributed by atoms with Crippen molar-refractivity contribution in [1.29, 1.82) is 0 Å². The van der Waals surface area contributed by atoms with Gasteiger partial charge in [-0.2, -0.15) is 5.10 Å². The lowest BCUT2D eigenvalue weighted by atomic mass is 10.1. The van der Waals surface area contributed by atoms with E-state index in [2.05, 4.69) is 31.8 Å². The lowest BCUT2D eigenvalue weighted by Crippen LogP contribution is -2.33. The highest BCUT2D eigenvalue weighted by atomic mass is 79.9. The largest absolute Gasteiger partial charge is 0.329 e. The van der Waals surface area contributed by atoms with Gasteiger partial charge in [-0.25, -0.2) is 5.43 Å². The van der Waals surface area contributed by atoms with Crippen LogP contribution in [0.5, 0.6) is 0 Å². The first-order valence-corrected chi connectivity index (χ1v) is 7.79. The number of hydrogen-bond acceptors (Lipinski definition) is 3. The molecule has 0 aliphatic carbocycles. The molecule has 0 spiro atoms. The van der Waals surface area contributed by atoms with E-state index in [0.29, 0.717) is 10.2 Å². The Balaban J connectivity index is 2.60. The molecule has 1 aromatic carbocycles. The summed E-state index contributed by atoms with van der Waals surface area (Å²) in [5.74, 6) is -1.51. The average Bonchev–Trinajstić information content (AvgIpc) is 2.47. The maximum Gasteiger partial charge on any atom is 0.329 e. The molecule has 0 aliphatic heterocycles. The molecule has 6 heteroatoms. The third kappa shape index (κ3) is 6.08. The molecule has 5 nitrogen and oxygen atoms in total. The minimum atomic E-state index is -0.768. The Morgan fingerprint density at radius 1 is 1.10 bits per heavy atom. The molecule has 0 aromatic heterocycles. The molecule has 2 amide bonds. The van der Waals surface area contributed by atoms with Crippen LogP contribution in [0.4, 0.5) is 5.69 Å². The zero-order chi connectivity index (χ0) is 15.7. The molecule has 1 aromatic rings. The Morgan fingerprint density at radius 3 is 2.29 bits per heavy atom. The van der Waals surface area contributed by atoms with E-state index in [4.69, 9.17) is 0 Å². The molecule has 0 radical (unpaired) electrons. The highest BCUT2D eigenvalue weighted by molar-refractivity contribution is 9.10. The maximum atomic E-state index is 11.8. The van der Waals surface area contributed by atoms with Gasteiger partial charge in [0.25, 0.3) is 0 Å². The summed E-state index contributed by atoms with van der Waals surface area (Å²) in [5.41, 5.74) is 3.76. The first-order chi connectivity index (χ1) is 10.1. The van der Waals surface area contributed by atoms with E-state index in [0.717, 1.165) is 31.4 Å². The van der Waals surface area contributed by atoms with E-state index in [1.54, 1.807) is 18.2 Å². The second kappa shape index (κ2) is 9.28. The Hall–Kier alpha value is -1.69. The predicted octanol–water partition coefficient (Wildman–Crippen LogP) is 3.46. The van der Waals surface area contributed by atoms with Crippen molar-refractivity contribution in [3.8, 4) is 0 Å². The first kappa shape index (κ1) is 17.4. The van der Waals surface area contributed by atoms with Crippen molar-refractivity contribution in [2.45, 2.75) is 39.5 Å². The number of carbonyl (C=O) groups is 2. The highest BCUT2D eigenvalue weighted by Gasteiger charge is 2.14. The smallest absolute Gasteiger partial charge is 0.317 e. The lowest BCUT2D eigenvalue weighted by Gasteiger charge is -2.07. The molecule has 0 saturated heterocycles. The topological polar surface area (TPSA) is 70.6 Å². The summed E-state index contributed by atoms with van der Waals surface area (Å²) in [6.45, 7) is 4.10. The molecule has 0 bridgehead atoms. The van der Waals surface area contributed by atoms with Crippen LogP contribution in [-0.4, -0.2) is 17.5 Å². The number of halogens is 1. The number of hydrazone groups is 1. The predicted molar refractivity (Wildman–Crippen MR) is 88.2 cm³/mol. The van der Waals surface area contributed by atoms with E-state index in [9.17, 15) is 9.59 Å². The van der Waals surface area contributed by atoms with Gasteiger partial charge in [-0.3, -0.25) is 9.59 Å². The first-order valence-electron chi connectivity index (χ1n) is 6.99. The van der Waals surface area contributed by atoms with E-state index < -0.39 is 11.8 Å². The molecule has 21 heavy (non-hydrogen) atoms. The minimum absolute atomic E-state index is 0.545. The Kier molecular flexibility index (Phi) is 7.68. The Labute approximate surface area is 133 Å². The third-order valence-corrected chi connectivity index (χ3v) is 3.41. The van der Waals surface area contributed by atoms with E-state index in [-0.39, 0.29) is 0 Å². The van der Waals surface area contributed by atoms with Crippen LogP contribution >= 0.6 is 15.9 Å². The van der Waals surface area contributed by atoms with Gasteiger partial charge in [0.15, 0.2) is 0 Å². The summed E-state index contributed by atoms with van der Waals surface area (Å²) >= 11 is 3.30. The fraction of sp³-hybridized carbons (Fsp3) is 0.400. The molecule has 0 saturated carbocycles. The van der Waals surface area contributed by atoms with Crippen molar-refractivity contribution < 1.29 is 9.59 Å². The standard InChI is InChI=1S/C15H20BrN3O2/c1-3-7-11(8-4-2)18-19-15(21)14(20)17-13-10-6-5-9-12(13)16/h5-6,9-10H,3-4,7-8H2,1-2H3,(H,17,20)(H,19,21). The molecular weight excluding hydrogens is 334 g/mol. The number of nitrogens with one attached hydrogen (secondary N) is 2. The van der Waals surface area contributed by atoms with Crippen molar-refractivity contribution in [3.05, 3.63) is 28.7 Å². The quantitative estimate of drug-likeness (QED) is 0.467. The fourth-order valence-corrected chi connectivity index (χ4v) is 2.12. The van der Waals surface area contributed by atoms with E-state index in [1.165, 1.54) is 0 Å². The zero-order valence-corrected chi connectivity index (χ0v) is 13.9. The van der Waals surface area contributed by atoms with Crippen LogP contribution in [0.15, 0.2) is 33.8 Å². The number of benzene rings is 1. The van der Waals surface area contributed by atoms with Crippen molar-refractivity contribution in [3.63, 3.8) is 0 Å². The number of para-hydroxylation sites is 1. The molecular formula is C15H20BrN3O2. The van der Waals surface area contributed by atoms with Gasteiger partial charge in [0.2, 0.25) is 0 Å². The second-order valence-electron chi connectivity index (χ2n) is 4.55. The summed E-state index contributed by atoms with van der Waals surface area (Å²) in [7, 11) is 0.